The first-order valence-electron chi connectivity index (χ1n) is 5.21. The molecule has 1 aromatic carbocycles. The number of ketones is 1. The maximum Gasteiger partial charge on any atom is 0.414 e. The summed E-state index contributed by atoms with van der Waals surface area (Å²) in [6.07, 6.45) is 4.51. The standard InChI is InChI=1S/C13H8N4O/c14-16-11-8-4-7-10(12(11)17-15)13(18)9-5-2-1-3-6-9/h1-8H. The van der Waals surface area contributed by atoms with Gasteiger partial charge in [-0.3, -0.25) is 4.79 Å². The number of carbonyl (C=O) groups excluding carboxylic acids is 1. The molecule has 0 aromatic heterocycles. The molecule has 0 fully saturated rings. The van der Waals surface area contributed by atoms with Gasteiger partial charge in [0.2, 0.25) is 5.78 Å². The zero-order chi connectivity index (χ0) is 13.0. The Morgan fingerprint density at radius 3 is 2.39 bits per heavy atom. The third kappa shape index (κ3) is 1.99. The monoisotopic (exact) mass is 236 g/mol. The lowest BCUT2D eigenvalue weighted by atomic mass is 9.93. The first-order valence-corrected chi connectivity index (χ1v) is 5.21. The van der Waals surface area contributed by atoms with Crippen molar-refractivity contribution in [1.82, 2.24) is 0 Å². The summed E-state index contributed by atoms with van der Waals surface area (Å²) in [6, 6.07) is 8.60. The average Bonchev–Trinajstić information content (AvgIpc) is 2.46. The molecule has 0 radical (unpaired) electrons. The van der Waals surface area contributed by atoms with E-state index in [9.17, 15) is 4.79 Å². The van der Waals surface area contributed by atoms with Crippen LogP contribution in [-0.4, -0.2) is 26.8 Å². The number of hydrogen-bond acceptors (Lipinski definition) is 1. The number of carbonyl (C=O) groups is 1. The molecule has 0 saturated carbocycles. The minimum Gasteiger partial charge on any atom is -0.360 e. The van der Waals surface area contributed by atoms with Gasteiger partial charge < -0.3 is 11.1 Å². The molecule has 0 atom stereocenters. The third-order valence-electron chi connectivity index (χ3n) is 2.50. The average molecular weight is 236 g/mol. The van der Waals surface area contributed by atoms with Crippen LogP contribution in [0.2, 0.25) is 0 Å². The van der Waals surface area contributed by atoms with Gasteiger partial charge in [-0.15, -0.1) is 0 Å². The summed E-state index contributed by atoms with van der Waals surface area (Å²) in [5.41, 5.74) is 18.3. The number of nitrogens with zero attached hydrogens (tertiary/aromatic N) is 4. The predicted octanol–water partition coefficient (Wildman–Crippen LogP) is 1.71. The molecular formula is C13H8N4O. The zero-order valence-corrected chi connectivity index (χ0v) is 9.32. The van der Waals surface area contributed by atoms with E-state index in [1.54, 1.807) is 36.4 Å². The van der Waals surface area contributed by atoms with E-state index in [4.69, 9.17) is 11.1 Å². The lowest BCUT2D eigenvalue weighted by molar-refractivity contribution is -0.0224. The zero-order valence-electron chi connectivity index (χ0n) is 9.32. The Hall–Kier alpha value is -2.87. The van der Waals surface area contributed by atoms with Gasteiger partial charge in [-0.2, -0.15) is 9.58 Å². The summed E-state index contributed by atoms with van der Waals surface area (Å²) in [6.45, 7) is 0. The molecule has 0 bridgehead atoms. The van der Waals surface area contributed by atoms with Crippen LogP contribution in [0.25, 0.3) is 11.1 Å². The van der Waals surface area contributed by atoms with Crippen LogP contribution in [0.1, 0.15) is 10.4 Å². The molecule has 0 amide bonds. The second-order valence-electron chi connectivity index (χ2n) is 3.57. The van der Waals surface area contributed by atoms with Crippen LogP contribution in [0.3, 0.4) is 0 Å². The largest absolute Gasteiger partial charge is 0.414 e. The van der Waals surface area contributed by atoms with E-state index in [0.29, 0.717) is 5.56 Å². The predicted molar refractivity (Wildman–Crippen MR) is 65.2 cm³/mol. The topological polar surface area (TPSA) is 89.9 Å². The van der Waals surface area contributed by atoms with Crippen molar-refractivity contribution in [2.45, 2.75) is 0 Å². The fraction of sp³-hybridized carbons (Fsp3) is 0. The molecule has 0 unspecified atom stereocenters. The minimum absolute atomic E-state index is 0.0410. The van der Waals surface area contributed by atoms with Gasteiger partial charge in [-0.25, -0.2) is 0 Å². The third-order valence-corrected chi connectivity index (χ3v) is 2.50. The highest BCUT2D eigenvalue weighted by atomic mass is 16.1. The molecule has 0 spiro atoms. The lowest BCUT2D eigenvalue weighted by Gasteiger charge is -2.01. The first-order chi connectivity index (χ1) is 8.77. The van der Waals surface area contributed by atoms with Crippen LogP contribution < -0.4 is 0 Å². The van der Waals surface area contributed by atoms with Crippen molar-refractivity contribution in [3.63, 3.8) is 0 Å². The molecule has 1 aliphatic carbocycles. The van der Waals surface area contributed by atoms with E-state index in [2.05, 4.69) is 9.58 Å². The SMILES string of the molecule is [N-]=[N+]=C1C=CC=C(C(=O)c2ccccc2)C1=[N+]=[N-]. The van der Waals surface area contributed by atoms with Gasteiger partial charge in [0.1, 0.15) is 5.57 Å². The molecule has 0 N–H and O–H groups in total. The van der Waals surface area contributed by atoms with E-state index < -0.39 is 0 Å². The Labute approximate surface area is 103 Å². The molecule has 1 aliphatic rings. The molecule has 5 nitrogen and oxygen atoms in total. The Balaban J connectivity index is 2.49. The Bertz CT molecular complexity index is 657. The van der Waals surface area contributed by atoms with E-state index >= 15 is 0 Å². The van der Waals surface area contributed by atoms with Gasteiger partial charge in [0.05, 0.1) is 0 Å². The highest BCUT2D eigenvalue weighted by Crippen LogP contribution is 2.13. The van der Waals surface area contributed by atoms with Gasteiger partial charge in [-0.05, 0) is 6.08 Å². The van der Waals surface area contributed by atoms with E-state index in [1.165, 1.54) is 12.2 Å². The number of rotatable bonds is 2. The van der Waals surface area contributed by atoms with Crippen LogP contribution in [0.15, 0.2) is 54.1 Å². The van der Waals surface area contributed by atoms with Crippen molar-refractivity contribution < 1.29 is 14.4 Å². The summed E-state index contributed by atoms with van der Waals surface area (Å²) in [7, 11) is 0. The molecule has 1 aromatic rings. The summed E-state index contributed by atoms with van der Waals surface area (Å²) >= 11 is 0. The second kappa shape index (κ2) is 4.97. The van der Waals surface area contributed by atoms with Crippen molar-refractivity contribution in [1.29, 1.82) is 0 Å². The summed E-state index contributed by atoms with van der Waals surface area (Å²) in [4.78, 5) is 18.2. The molecule has 5 heteroatoms. The van der Waals surface area contributed by atoms with Crippen LogP contribution in [0.5, 0.6) is 0 Å². The fourth-order valence-electron chi connectivity index (χ4n) is 1.65. The van der Waals surface area contributed by atoms with Crippen molar-refractivity contribution in [2.24, 2.45) is 0 Å². The molecular weight excluding hydrogens is 228 g/mol. The fourth-order valence-corrected chi connectivity index (χ4v) is 1.65. The van der Waals surface area contributed by atoms with E-state index in [0.717, 1.165) is 0 Å². The minimum atomic E-state index is -0.297. The van der Waals surface area contributed by atoms with Crippen molar-refractivity contribution in [3.8, 4) is 0 Å². The number of Topliss-reactive ketones (excluding diaryl/α,β-unsaturated/α-hetero) is 1. The van der Waals surface area contributed by atoms with Crippen LogP contribution in [-0.2, 0) is 0 Å². The van der Waals surface area contributed by atoms with Gasteiger partial charge in [-0.1, -0.05) is 36.4 Å². The molecule has 0 saturated heterocycles. The van der Waals surface area contributed by atoms with Crippen LogP contribution in [0, 0.1) is 0 Å². The van der Waals surface area contributed by atoms with Gasteiger partial charge in [0, 0.05) is 11.6 Å². The summed E-state index contributed by atoms with van der Waals surface area (Å²) < 4.78 is 0. The highest BCUT2D eigenvalue weighted by molar-refractivity contribution is 6.55. The molecule has 2 rings (SSSR count). The quantitative estimate of drug-likeness (QED) is 0.332. The van der Waals surface area contributed by atoms with Crippen molar-refractivity contribution >= 4 is 17.2 Å². The Kier molecular flexibility index (Phi) is 3.21. The summed E-state index contributed by atoms with van der Waals surface area (Å²) in [5.74, 6) is -0.297. The maximum atomic E-state index is 12.2. The van der Waals surface area contributed by atoms with Crippen molar-refractivity contribution in [2.75, 3.05) is 0 Å². The van der Waals surface area contributed by atoms with E-state index in [1.807, 2.05) is 0 Å². The van der Waals surface area contributed by atoms with Crippen LogP contribution in [0.4, 0.5) is 0 Å². The molecule has 86 valence electrons. The smallest absolute Gasteiger partial charge is 0.360 e. The number of hydrogen-bond donors (Lipinski definition) is 0. The number of benzene rings is 1. The van der Waals surface area contributed by atoms with Gasteiger partial charge in [0.25, 0.3) is 0 Å². The highest BCUT2D eigenvalue weighted by Gasteiger charge is 2.35. The van der Waals surface area contributed by atoms with Crippen LogP contribution >= 0.6 is 0 Å². The number of allylic oxidation sites excluding steroid dienone is 4. The summed E-state index contributed by atoms with van der Waals surface area (Å²) in [5, 5.41) is 0. The first kappa shape index (κ1) is 11.6. The Morgan fingerprint density at radius 1 is 1.06 bits per heavy atom. The maximum absolute atomic E-state index is 12.2. The van der Waals surface area contributed by atoms with Crippen molar-refractivity contribution in [3.05, 3.63) is 70.8 Å². The van der Waals surface area contributed by atoms with Gasteiger partial charge in [0.15, 0.2) is 0 Å². The van der Waals surface area contributed by atoms with Gasteiger partial charge >= 0.3 is 11.4 Å². The lowest BCUT2D eigenvalue weighted by Crippen LogP contribution is -2.24. The molecule has 0 aliphatic heterocycles. The molecule has 18 heavy (non-hydrogen) atoms. The molecule has 0 heterocycles. The Morgan fingerprint density at radius 2 is 1.78 bits per heavy atom. The normalized spacial score (nSPS) is 13.7. The second-order valence-corrected chi connectivity index (χ2v) is 3.57. The van der Waals surface area contributed by atoms with E-state index in [-0.39, 0.29) is 22.8 Å².